The summed E-state index contributed by atoms with van der Waals surface area (Å²) in [4.78, 5) is 36.5. The highest BCUT2D eigenvalue weighted by molar-refractivity contribution is 6.38. The second-order valence-corrected chi connectivity index (χ2v) is 4.40. The molecule has 100 valence electrons. The minimum atomic E-state index is -0.885. The van der Waals surface area contributed by atoms with Gasteiger partial charge in [0.05, 0.1) is 0 Å². The molecule has 1 aromatic rings. The number of hydrogen-bond acceptors (Lipinski definition) is 4. The molecule has 6 nitrogen and oxygen atoms in total. The third-order valence-corrected chi connectivity index (χ3v) is 2.99. The van der Waals surface area contributed by atoms with Gasteiger partial charge >= 0.3 is 11.8 Å². The van der Waals surface area contributed by atoms with Gasteiger partial charge in [0.2, 0.25) is 0 Å². The summed E-state index contributed by atoms with van der Waals surface area (Å²) >= 11 is 0. The number of nitrogens with one attached hydrogen (secondary N) is 1. The summed E-state index contributed by atoms with van der Waals surface area (Å²) in [5.41, 5.74) is 6.31. The highest BCUT2D eigenvalue weighted by Gasteiger charge is 2.25. The first-order chi connectivity index (χ1) is 9.08. The van der Waals surface area contributed by atoms with E-state index in [4.69, 9.17) is 5.73 Å². The Balaban J connectivity index is 1.96. The van der Waals surface area contributed by atoms with Gasteiger partial charge in [-0.15, -0.1) is 0 Å². The van der Waals surface area contributed by atoms with Crippen molar-refractivity contribution in [3.05, 3.63) is 29.8 Å². The SMILES string of the molecule is Nc1ccc(C(=O)NC(=O)C(=O)N2CCCC2)cc1. The van der Waals surface area contributed by atoms with Crippen LogP contribution in [0.3, 0.4) is 0 Å². The van der Waals surface area contributed by atoms with Crippen LogP contribution in [0.15, 0.2) is 24.3 Å². The molecule has 1 aliphatic rings. The van der Waals surface area contributed by atoms with Crippen LogP contribution in [-0.4, -0.2) is 35.7 Å². The Morgan fingerprint density at radius 3 is 2.21 bits per heavy atom. The van der Waals surface area contributed by atoms with E-state index < -0.39 is 17.7 Å². The van der Waals surface area contributed by atoms with Crippen LogP contribution in [0.2, 0.25) is 0 Å². The Hall–Kier alpha value is -2.37. The Kier molecular flexibility index (Phi) is 3.79. The summed E-state index contributed by atoms with van der Waals surface area (Å²) in [6, 6.07) is 6.11. The molecule has 1 fully saturated rings. The molecule has 0 aromatic heterocycles. The topological polar surface area (TPSA) is 92.5 Å². The van der Waals surface area contributed by atoms with Gasteiger partial charge in [0, 0.05) is 24.3 Å². The molecule has 0 bridgehead atoms. The Morgan fingerprint density at radius 1 is 1.05 bits per heavy atom. The average molecular weight is 261 g/mol. The van der Waals surface area contributed by atoms with Crippen LogP contribution in [0.1, 0.15) is 23.2 Å². The minimum absolute atomic E-state index is 0.289. The number of amides is 3. The standard InChI is InChI=1S/C13H15N3O3/c14-10-5-3-9(4-6-10)11(17)15-12(18)13(19)16-7-1-2-8-16/h3-6H,1-2,7-8,14H2,(H,15,17,18). The number of nitrogen functional groups attached to an aromatic ring is 1. The van der Waals surface area contributed by atoms with Crippen LogP contribution < -0.4 is 11.1 Å². The average Bonchev–Trinajstić information content (AvgIpc) is 2.92. The lowest BCUT2D eigenvalue weighted by molar-refractivity contribution is -0.144. The fourth-order valence-electron chi connectivity index (χ4n) is 1.93. The van der Waals surface area contributed by atoms with Crippen LogP contribution in [0.25, 0.3) is 0 Å². The minimum Gasteiger partial charge on any atom is -0.399 e. The number of benzene rings is 1. The fraction of sp³-hybridized carbons (Fsp3) is 0.308. The number of anilines is 1. The van der Waals surface area contributed by atoms with E-state index in [0.29, 0.717) is 18.8 Å². The van der Waals surface area contributed by atoms with Crippen molar-refractivity contribution in [2.75, 3.05) is 18.8 Å². The van der Waals surface area contributed by atoms with Crippen molar-refractivity contribution in [3.63, 3.8) is 0 Å². The molecule has 6 heteroatoms. The number of imide groups is 1. The summed E-state index contributed by atoms with van der Waals surface area (Å²) in [7, 11) is 0. The molecule has 1 heterocycles. The van der Waals surface area contributed by atoms with Crippen LogP contribution in [0.5, 0.6) is 0 Å². The van der Waals surface area contributed by atoms with E-state index in [1.165, 1.54) is 17.0 Å². The first kappa shape index (κ1) is 13.1. The predicted octanol–water partition coefficient (Wildman–Crippen LogP) is 0.148. The van der Waals surface area contributed by atoms with Crippen molar-refractivity contribution in [2.45, 2.75) is 12.8 Å². The molecule has 1 saturated heterocycles. The summed E-state index contributed by atoms with van der Waals surface area (Å²) in [5.74, 6) is -2.14. The lowest BCUT2D eigenvalue weighted by atomic mass is 10.2. The molecule has 3 N–H and O–H groups in total. The van der Waals surface area contributed by atoms with Gasteiger partial charge in [0.1, 0.15) is 0 Å². The molecular weight excluding hydrogens is 246 g/mol. The zero-order valence-corrected chi connectivity index (χ0v) is 10.4. The van der Waals surface area contributed by atoms with Gasteiger partial charge in [-0.2, -0.15) is 0 Å². The van der Waals surface area contributed by atoms with Gasteiger partial charge in [-0.05, 0) is 37.1 Å². The Labute approximate surface area is 110 Å². The number of nitrogens with zero attached hydrogens (tertiary/aromatic N) is 1. The molecule has 19 heavy (non-hydrogen) atoms. The largest absolute Gasteiger partial charge is 0.399 e. The van der Waals surface area contributed by atoms with Crippen molar-refractivity contribution in [1.82, 2.24) is 10.2 Å². The van der Waals surface area contributed by atoms with E-state index in [0.717, 1.165) is 12.8 Å². The molecule has 1 aliphatic heterocycles. The number of likely N-dealkylation sites (tertiary alicyclic amines) is 1. The summed E-state index contributed by atoms with van der Waals surface area (Å²) in [5, 5.41) is 2.08. The number of nitrogens with two attached hydrogens (primary N) is 1. The zero-order valence-electron chi connectivity index (χ0n) is 10.4. The number of carbonyl (C=O) groups excluding carboxylic acids is 3. The van der Waals surface area contributed by atoms with Crippen molar-refractivity contribution >= 4 is 23.4 Å². The summed E-state index contributed by atoms with van der Waals surface area (Å²) < 4.78 is 0. The van der Waals surface area contributed by atoms with Gasteiger partial charge in [-0.25, -0.2) is 0 Å². The zero-order chi connectivity index (χ0) is 13.8. The van der Waals surface area contributed by atoms with Gasteiger partial charge < -0.3 is 10.6 Å². The van der Waals surface area contributed by atoms with E-state index >= 15 is 0 Å². The van der Waals surface area contributed by atoms with Gasteiger partial charge in [-0.1, -0.05) is 0 Å². The highest BCUT2D eigenvalue weighted by atomic mass is 16.2. The first-order valence-corrected chi connectivity index (χ1v) is 6.08. The smallest absolute Gasteiger partial charge is 0.316 e. The maximum absolute atomic E-state index is 11.7. The molecule has 1 aromatic carbocycles. The monoisotopic (exact) mass is 261 g/mol. The number of hydrogen-bond donors (Lipinski definition) is 2. The van der Waals surface area contributed by atoms with Gasteiger partial charge in [0.25, 0.3) is 5.91 Å². The van der Waals surface area contributed by atoms with Crippen molar-refractivity contribution < 1.29 is 14.4 Å². The lowest BCUT2D eigenvalue weighted by Gasteiger charge is -2.13. The Bertz CT molecular complexity index is 504. The molecule has 0 spiro atoms. The molecule has 0 unspecified atom stereocenters. The first-order valence-electron chi connectivity index (χ1n) is 6.08. The van der Waals surface area contributed by atoms with Crippen LogP contribution in [-0.2, 0) is 9.59 Å². The molecule has 0 radical (unpaired) electrons. The van der Waals surface area contributed by atoms with Crippen molar-refractivity contribution in [3.8, 4) is 0 Å². The van der Waals surface area contributed by atoms with Gasteiger partial charge in [-0.3, -0.25) is 19.7 Å². The van der Waals surface area contributed by atoms with E-state index in [-0.39, 0.29) is 5.56 Å². The maximum atomic E-state index is 11.7. The number of rotatable bonds is 1. The van der Waals surface area contributed by atoms with E-state index in [1.807, 2.05) is 0 Å². The van der Waals surface area contributed by atoms with Crippen molar-refractivity contribution in [1.29, 1.82) is 0 Å². The Morgan fingerprint density at radius 2 is 1.63 bits per heavy atom. The van der Waals surface area contributed by atoms with Crippen LogP contribution >= 0.6 is 0 Å². The fourth-order valence-corrected chi connectivity index (χ4v) is 1.93. The molecule has 2 rings (SSSR count). The molecule has 0 saturated carbocycles. The second kappa shape index (κ2) is 5.51. The quantitative estimate of drug-likeness (QED) is 0.556. The van der Waals surface area contributed by atoms with E-state index in [2.05, 4.69) is 5.32 Å². The van der Waals surface area contributed by atoms with Crippen molar-refractivity contribution in [2.24, 2.45) is 0 Å². The third kappa shape index (κ3) is 3.09. The number of carbonyl (C=O) groups is 3. The molecular formula is C13H15N3O3. The molecule has 0 atom stereocenters. The summed E-state index contributed by atoms with van der Waals surface area (Å²) in [6.07, 6.45) is 1.79. The van der Waals surface area contributed by atoms with E-state index in [1.54, 1.807) is 12.1 Å². The van der Waals surface area contributed by atoms with Crippen LogP contribution in [0, 0.1) is 0 Å². The maximum Gasteiger partial charge on any atom is 0.316 e. The van der Waals surface area contributed by atoms with Gasteiger partial charge in [0.15, 0.2) is 0 Å². The molecule has 0 aliphatic carbocycles. The van der Waals surface area contributed by atoms with Crippen LogP contribution in [0.4, 0.5) is 5.69 Å². The normalized spacial score (nSPS) is 14.2. The molecule has 3 amide bonds. The lowest BCUT2D eigenvalue weighted by Crippen LogP contribution is -2.43. The highest BCUT2D eigenvalue weighted by Crippen LogP contribution is 2.08. The summed E-state index contributed by atoms with van der Waals surface area (Å²) in [6.45, 7) is 1.14. The third-order valence-electron chi connectivity index (χ3n) is 2.99. The van der Waals surface area contributed by atoms with E-state index in [9.17, 15) is 14.4 Å². The second-order valence-electron chi connectivity index (χ2n) is 4.40. The predicted molar refractivity (Wildman–Crippen MR) is 69.1 cm³/mol.